The Morgan fingerprint density at radius 3 is 2.52 bits per heavy atom. The number of para-hydroxylation sites is 1. The highest BCUT2D eigenvalue weighted by Gasteiger charge is 2.37. The van der Waals surface area contributed by atoms with Crippen LogP contribution in [0, 0.1) is 0 Å². The van der Waals surface area contributed by atoms with Gasteiger partial charge >= 0.3 is 12.2 Å². The van der Waals surface area contributed by atoms with Gasteiger partial charge in [0.25, 0.3) is 0 Å². The minimum atomic E-state index is -4.65. The normalized spacial score (nSPS) is 12.4. The van der Waals surface area contributed by atoms with Gasteiger partial charge in [-0.1, -0.05) is 18.2 Å². The van der Waals surface area contributed by atoms with Gasteiger partial charge in [0.05, 0.1) is 28.7 Å². The zero-order valence-corrected chi connectivity index (χ0v) is 16.0. The number of rotatable bonds is 4. The Balaban J connectivity index is 1.76. The SMILES string of the molecule is O=C(Nc1cccnc1)NC(c1cnc2ccccc2c1)c1ncccc1C(F)(F)F. The summed E-state index contributed by atoms with van der Waals surface area (Å²) < 4.78 is 41.0. The molecule has 4 aromatic rings. The lowest BCUT2D eigenvalue weighted by molar-refractivity contribution is -0.138. The van der Waals surface area contributed by atoms with E-state index in [4.69, 9.17) is 0 Å². The van der Waals surface area contributed by atoms with E-state index in [1.807, 2.05) is 6.07 Å². The first-order chi connectivity index (χ1) is 14.9. The highest BCUT2D eigenvalue weighted by atomic mass is 19.4. The molecule has 9 heteroatoms. The fourth-order valence-electron chi connectivity index (χ4n) is 3.18. The molecule has 2 amide bonds. The fraction of sp³-hybridized carbons (Fsp3) is 0.0909. The monoisotopic (exact) mass is 423 g/mol. The number of halogens is 3. The maximum absolute atomic E-state index is 13.7. The van der Waals surface area contributed by atoms with Crippen LogP contribution in [0.2, 0.25) is 0 Å². The lowest BCUT2D eigenvalue weighted by Crippen LogP contribution is -2.35. The second kappa shape index (κ2) is 8.39. The van der Waals surface area contributed by atoms with Crippen molar-refractivity contribution in [2.24, 2.45) is 0 Å². The molecule has 0 spiro atoms. The Bertz CT molecular complexity index is 1210. The van der Waals surface area contributed by atoms with Gasteiger partial charge in [0.1, 0.15) is 6.04 Å². The van der Waals surface area contributed by atoms with Gasteiger partial charge in [0.15, 0.2) is 0 Å². The van der Waals surface area contributed by atoms with Gasteiger partial charge in [-0.2, -0.15) is 13.2 Å². The highest BCUT2D eigenvalue weighted by Crippen LogP contribution is 2.35. The van der Waals surface area contributed by atoms with Crippen LogP contribution in [0.1, 0.15) is 22.9 Å². The van der Waals surface area contributed by atoms with Gasteiger partial charge in [0.2, 0.25) is 0 Å². The number of carbonyl (C=O) groups is 1. The Morgan fingerprint density at radius 2 is 1.74 bits per heavy atom. The van der Waals surface area contributed by atoms with Crippen molar-refractivity contribution in [1.82, 2.24) is 20.3 Å². The third-order valence-electron chi connectivity index (χ3n) is 4.56. The van der Waals surface area contributed by atoms with Crippen molar-refractivity contribution < 1.29 is 18.0 Å². The summed E-state index contributed by atoms with van der Waals surface area (Å²) in [5.74, 6) is 0. The third kappa shape index (κ3) is 4.61. The molecular formula is C22H16F3N5O. The lowest BCUT2D eigenvalue weighted by Gasteiger charge is -2.22. The molecule has 0 radical (unpaired) electrons. The number of alkyl halides is 3. The first-order valence-corrected chi connectivity index (χ1v) is 9.26. The number of nitrogens with zero attached hydrogens (tertiary/aromatic N) is 3. The highest BCUT2D eigenvalue weighted by molar-refractivity contribution is 5.89. The van der Waals surface area contributed by atoms with Crippen LogP contribution in [0.5, 0.6) is 0 Å². The van der Waals surface area contributed by atoms with Gasteiger partial charge in [-0.3, -0.25) is 15.0 Å². The fourth-order valence-corrected chi connectivity index (χ4v) is 3.18. The van der Waals surface area contributed by atoms with E-state index in [2.05, 4.69) is 25.6 Å². The molecule has 0 aliphatic heterocycles. The predicted molar refractivity (Wildman–Crippen MR) is 109 cm³/mol. The minimum absolute atomic E-state index is 0.326. The van der Waals surface area contributed by atoms with Crippen LogP contribution >= 0.6 is 0 Å². The van der Waals surface area contributed by atoms with Gasteiger partial charge < -0.3 is 10.6 Å². The summed E-state index contributed by atoms with van der Waals surface area (Å²) in [5.41, 5.74) is 0.182. The molecule has 0 fully saturated rings. The number of benzene rings is 1. The van der Waals surface area contributed by atoms with E-state index >= 15 is 0 Å². The number of anilines is 1. The van der Waals surface area contributed by atoms with Crippen molar-refractivity contribution in [2.45, 2.75) is 12.2 Å². The van der Waals surface area contributed by atoms with Crippen LogP contribution in [0.3, 0.4) is 0 Å². The molecule has 4 rings (SSSR count). The summed E-state index contributed by atoms with van der Waals surface area (Å²) in [4.78, 5) is 24.8. The summed E-state index contributed by atoms with van der Waals surface area (Å²) in [6.07, 6.45) is 1.01. The molecular weight excluding hydrogens is 407 g/mol. The maximum Gasteiger partial charge on any atom is 0.418 e. The number of aromatic nitrogens is 3. The third-order valence-corrected chi connectivity index (χ3v) is 4.56. The summed E-state index contributed by atoms with van der Waals surface area (Å²) in [5, 5.41) is 5.89. The zero-order valence-electron chi connectivity index (χ0n) is 16.0. The number of hydrogen-bond acceptors (Lipinski definition) is 4. The topological polar surface area (TPSA) is 79.8 Å². The van der Waals surface area contributed by atoms with Crippen molar-refractivity contribution in [3.05, 3.63) is 96.2 Å². The summed E-state index contributed by atoms with van der Waals surface area (Å²) >= 11 is 0. The van der Waals surface area contributed by atoms with Gasteiger partial charge in [-0.05, 0) is 42.0 Å². The molecule has 1 atom stereocenters. The number of carbonyl (C=O) groups excluding carboxylic acids is 1. The quantitative estimate of drug-likeness (QED) is 0.487. The zero-order chi connectivity index (χ0) is 21.8. The van der Waals surface area contributed by atoms with E-state index < -0.39 is 23.8 Å². The molecule has 156 valence electrons. The van der Waals surface area contributed by atoms with Crippen LogP contribution in [0.4, 0.5) is 23.7 Å². The van der Waals surface area contributed by atoms with Crippen LogP contribution in [0.15, 0.2) is 79.4 Å². The summed E-state index contributed by atoms with van der Waals surface area (Å²) in [7, 11) is 0. The number of nitrogens with one attached hydrogen (secondary N) is 2. The van der Waals surface area contributed by atoms with Crippen molar-refractivity contribution in [2.75, 3.05) is 5.32 Å². The van der Waals surface area contributed by atoms with E-state index in [0.717, 1.165) is 11.5 Å². The van der Waals surface area contributed by atoms with Crippen molar-refractivity contribution in [3.8, 4) is 0 Å². The molecule has 1 unspecified atom stereocenters. The minimum Gasteiger partial charge on any atom is -0.325 e. The van der Waals surface area contributed by atoms with Crippen molar-refractivity contribution in [1.29, 1.82) is 0 Å². The maximum atomic E-state index is 13.7. The second-order valence-corrected chi connectivity index (χ2v) is 6.67. The van der Waals surface area contributed by atoms with Crippen LogP contribution in [0.25, 0.3) is 10.9 Å². The average molecular weight is 423 g/mol. The molecule has 31 heavy (non-hydrogen) atoms. The molecule has 6 nitrogen and oxygen atoms in total. The Morgan fingerprint density at radius 1 is 0.935 bits per heavy atom. The number of urea groups is 1. The number of pyridine rings is 3. The number of fused-ring (bicyclic) bond motifs is 1. The smallest absolute Gasteiger partial charge is 0.325 e. The van der Waals surface area contributed by atoms with Crippen molar-refractivity contribution in [3.63, 3.8) is 0 Å². The van der Waals surface area contributed by atoms with Gasteiger partial charge in [-0.25, -0.2) is 4.79 Å². The largest absolute Gasteiger partial charge is 0.418 e. The number of hydrogen-bond donors (Lipinski definition) is 2. The molecule has 0 aliphatic carbocycles. The van der Waals surface area contributed by atoms with Gasteiger partial charge in [-0.15, -0.1) is 0 Å². The Kier molecular flexibility index (Phi) is 5.48. The molecule has 3 heterocycles. The molecule has 0 saturated heterocycles. The standard InChI is InChI=1S/C22H16F3N5O/c23-22(24,25)17-7-4-10-27-20(17)19(30-21(31)29-16-6-3-9-26-13-16)15-11-14-5-1-2-8-18(14)28-12-15/h1-13,19H,(H2,29,30,31). The molecule has 2 N–H and O–H groups in total. The van der Waals surface area contributed by atoms with E-state index in [1.54, 1.807) is 36.4 Å². The predicted octanol–water partition coefficient (Wildman–Crippen LogP) is 4.95. The second-order valence-electron chi connectivity index (χ2n) is 6.67. The van der Waals surface area contributed by atoms with Crippen LogP contribution in [-0.2, 0) is 6.18 Å². The Hall–Kier alpha value is -4.01. The molecule has 1 aromatic carbocycles. The molecule has 0 bridgehead atoms. The first kappa shape index (κ1) is 20.3. The van der Waals surface area contributed by atoms with Crippen LogP contribution in [-0.4, -0.2) is 21.0 Å². The summed E-state index contributed by atoms with van der Waals surface area (Å²) in [6, 6.07) is 12.4. The van der Waals surface area contributed by atoms with Gasteiger partial charge in [0, 0.05) is 24.0 Å². The number of amides is 2. The summed E-state index contributed by atoms with van der Waals surface area (Å²) in [6.45, 7) is 0. The lowest BCUT2D eigenvalue weighted by atomic mass is 9.99. The van der Waals surface area contributed by atoms with E-state index in [1.165, 1.54) is 30.9 Å². The average Bonchev–Trinajstić information content (AvgIpc) is 2.77. The molecule has 0 saturated carbocycles. The Labute approximate surface area is 175 Å². The van der Waals surface area contributed by atoms with E-state index in [9.17, 15) is 18.0 Å². The molecule has 0 aliphatic rings. The van der Waals surface area contributed by atoms with Crippen LogP contribution < -0.4 is 10.6 Å². The van der Waals surface area contributed by atoms with Crippen molar-refractivity contribution >= 4 is 22.6 Å². The molecule has 3 aromatic heterocycles. The first-order valence-electron chi connectivity index (χ1n) is 9.26. The van der Waals surface area contributed by atoms with E-state index in [0.29, 0.717) is 16.8 Å². The van der Waals surface area contributed by atoms with E-state index in [-0.39, 0.29) is 5.69 Å².